The molecule has 2 heterocycles. The van der Waals surface area contributed by atoms with Crippen LogP contribution < -0.4 is 11.1 Å². The summed E-state index contributed by atoms with van der Waals surface area (Å²) in [5.74, 6) is -1.50. The minimum absolute atomic E-state index is 0.0528. The number of tetrazole rings is 1. The van der Waals surface area contributed by atoms with Crippen molar-refractivity contribution in [3.05, 3.63) is 36.2 Å². The molecule has 1 aromatic carbocycles. The molecule has 0 saturated carbocycles. The lowest BCUT2D eigenvalue weighted by Crippen LogP contribution is -2.15. The fourth-order valence-corrected chi connectivity index (χ4v) is 1.59. The van der Waals surface area contributed by atoms with Crippen LogP contribution in [0.3, 0.4) is 0 Å². The van der Waals surface area contributed by atoms with E-state index in [0.29, 0.717) is 5.69 Å². The molecule has 0 fully saturated rings. The van der Waals surface area contributed by atoms with Crippen molar-refractivity contribution in [1.29, 1.82) is 0 Å². The van der Waals surface area contributed by atoms with Crippen LogP contribution in [0, 0.1) is 5.82 Å². The lowest BCUT2D eigenvalue weighted by Gasteiger charge is -2.07. The van der Waals surface area contributed by atoms with Gasteiger partial charge in [0.05, 0.1) is 11.4 Å². The third-order valence-electron chi connectivity index (χ3n) is 2.53. The van der Waals surface area contributed by atoms with Gasteiger partial charge in [0.25, 0.3) is 5.91 Å². The zero-order valence-electron chi connectivity index (χ0n) is 10.4. The van der Waals surface area contributed by atoms with E-state index < -0.39 is 11.7 Å². The fourth-order valence-electron chi connectivity index (χ4n) is 1.59. The second kappa shape index (κ2) is 4.96. The van der Waals surface area contributed by atoms with Gasteiger partial charge in [-0.05, 0) is 28.6 Å². The molecule has 0 aliphatic heterocycles. The third-order valence-corrected chi connectivity index (χ3v) is 2.53. The maximum absolute atomic E-state index is 13.7. The van der Waals surface area contributed by atoms with E-state index in [-0.39, 0.29) is 17.5 Å². The maximum Gasteiger partial charge on any atom is 0.293 e. The summed E-state index contributed by atoms with van der Waals surface area (Å²) in [5.41, 5.74) is 5.72. The van der Waals surface area contributed by atoms with E-state index in [4.69, 9.17) is 5.73 Å². The number of aromatic amines is 1. The van der Waals surface area contributed by atoms with Gasteiger partial charge in [-0.3, -0.25) is 9.89 Å². The number of amides is 1. The molecule has 4 N–H and O–H groups in total. The van der Waals surface area contributed by atoms with Crippen molar-refractivity contribution in [2.24, 2.45) is 0 Å². The first-order valence-corrected chi connectivity index (χ1v) is 5.65. The van der Waals surface area contributed by atoms with Gasteiger partial charge >= 0.3 is 0 Å². The molecule has 0 atom stereocenters. The molecule has 0 aliphatic rings. The summed E-state index contributed by atoms with van der Waals surface area (Å²) in [5, 5.41) is 18.8. The molecule has 21 heavy (non-hydrogen) atoms. The van der Waals surface area contributed by atoms with Crippen LogP contribution in [0.5, 0.6) is 0 Å². The van der Waals surface area contributed by atoms with Crippen molar-refractivity contribution in [2.75, 3.05) is 11.1 Å². The van der Waals surface area contributed by atoms with Crippen LogP contribution in [0.25, 0.3) is 5.69 Å². The number of nitrogen functional groups attached to an aromatic ring is 1. The molecule has 0 bridgehead atoms. The van der Waals surface area contributed by atoms with Gasteiger partial charge in [-0.1, -0.05) is 0 Å². The normalized spacial score (nSPS) is 10.5. The van der Waals surface area contributed by atoms with Gasteiger partial charge in [-0.25, -0.2) is 9.07 Å². The van der Waals surface area contributed by atoms with Crippen molar-refractivity contribution in [3.63, 3.8) is 0 Å². The molecule has 11 heteroatoms. The zero-order valence-corrected chi connectivity index (χ0v) is 10.4. The van der Waals surface area contributed by atoms with E-state index in [1.807, 2.05) is 0 Å². The summed E-state index contributed by atoms with van der Waals surface area (Å²) in [6.45, 7) is 0. The molecule has 0 radical (unpaired) electrons. The molecule has 0 spiro atoms. The molecule has 2 aromatic heterocycles. The van der Waals surface area contributed by atoms with E-state index in [9.17, 15) is 9.18 Å². The number of H-pyrrole nitrogens is 1. The summed E-state index contributed by atoms with van der Waals surface area (Å²) >= 11 is 0. The standard InChI is InChI=1S/C10H8FN9O/c11-6-2-1-5(20-4-13-18-19-20)3-7(6)14-9(21)8-15-10(12)17-16-8/h1-4H,(H,14,21)(H3,12,15,16,17). The Hall–Kier alpha value is -3.37. The molecule has 0 aliphatic carbocycles. The van der Waals surface area contributed by atoms with Gasteiger partial charge in [0, 0.05) is 0 Å². The lowest BCUT2D eigenvalue weighted by atomic mass is 10.2. The SMILES string of the molecule is Nc1n[nH]c(C(=O)Nc2cc(-n3cnnn3)ccc2F)n1. The average molecular weight is 289 g/mol. The number of aromatic nitrogens is 7. The molecule has 106 valence electrons. The minimum Gasteiger partial charge on any atom is -0.366 e. The van der Waals surface area contributed by atoms with Gasteiger partial charge in [0.15, 0.2) is 0 Å². The number of hydrogen-bond acceptors (Lipinski definition) is 7. The van der Waals surface area contributed by atoms with Crippen LogP contribution in [0.1, 0.15) is 10.6 Å². The number of nitrogens with zero attached hydrogens (tertiary/aromatic N) is 6. The van der Waals surface area contributed by atoms with Crippen LogP contribution in [0.2, 0.25) is 0 Å². The van der Waals surface area contributed by atoms with Crippen molar-refractivity contribution in [2.45, 2.75) is 0 Å². The number of carbonyl (C=O) groups excluding carboxylic acids is 1. The molecule has 3 aromatic rings. The predicted molar refractivity (Wildman–Crippen MR) is 67.9 cm³/mol. The summed E-state index contributed by atoms with van der Waals surface area (Å²) in [4.78, 5) is 15.5. The van der Waals surface area contributed by atoms with Gasteiger partial charge in [0.2, 0.25) is 11.8 Å². The van der Waals surface area contributed by atoms with Crippen molar-refractivity contribution < 1.29 is 9.18 Å². The Morgan fingerprint density at radius 1 is 1.43 bits per heavy atom. The monoisotopic (exact) mass is 289 g/mol. The summed E-state index contributed by atoms with van der Waals surface area (Å²) in [6, 6.07) is 4.03. The fraction of sp³-hybridized carbons (Fsp3) is 0. The molecular formula is C10H8FN9O. The number of carbonyl (C=O) groups is 1. The summed E-state index contributed by atoms with van der Waals surface area (Å²) < 4.78 is 15.1. The lowest BCUT2D eigenvalue weighted by molar-refractivity contribution is 0.101. The highest BCUT2D eigenvalue weighted by Gasteiger charge is 2.14. The Labute approximate surface area is 116 Å². The highest BCUT2D eigenvalue weighted by atomic mass is 19.1. The number of halogens is 1. The highest BCUT2D eigenvalue weighted by Crippen LogP contribution is 2.18. The summed E-state index contributed by atoms with van der Waals surface area (Å²) in [7, 11) is 0. The number of hydrogen-bond donors (Lipinski definition) is 3. The first kappa shape index (κ1) is 12.7. The number of nitrogens with one attached hydrogen (secondary N) is 2. The first-order chi connectivity index (χ1) is 10.1. The zero-order chi connectivity index (χ0) is 14.8. The maximum atomic E-state index is 13.7. The van der Waals surface area contributed by atoms with Crippen LogP contribution in [-0.4, -0.2) is 41.3 Å². The van der Waals surface area contributed by atoms with Gasteiger partial charge in [-0.15, -0.1) is 10.2 Å². The van der Waals surface area contributed by atoms with Gasteiger partial charge < -0.3 is 11.1 Å². The van der Waals surface area contributed by atoms with E-state index in [1.165, 1.54) is 29.2 Å². The third kappa shape index (κ3) is 2.51. The van der Waals surface area contributed by atoms with Crippen LogP contribution in [0.15, 0.2) is 24.5 Å². The molecular weight excluding hydrogens is 281 g/mol. The van der Waals surface area contributed by atoms with Crippen LogP contribution >= 0.6 is 0 Å². The molecule has 1 amide bonds. The number of anilines is 2. The molecule has 3 rings (SSSR count). The van der Waals surface area contributed by atoms with Crippen LogP contribution in [-0.2, 0) is 0 Å². The average Bonchev–Trinajstić information content (AvgIpc) is 3.12. The molecule has 10 nitrogen and oxygen atoms in total. The van der Waals surface area contributed by atoms with Gasteiger partial charge in [0.1, 0.15) is 12.1 Å². The second-order valence-corrected chi connectivity index (χ2v) is 3.91. The highest BCUT2D eigenvalue weighted by molar-refractivity contribution is 6.01. The van der Waals surface area contributed by atoms with E-state index in [2.05, 4.69) is 36.0 Å². The van der Waals surface area contributed by atoms with Gasteiger partial charge in [-0.2, -0.15) is 4.98 Å². The van der Waals surface area contributed by atoms with Crippen molar-refractivity contribution >= 4 is 17.5 Å². The largest absolute Gasteiger partial charge is 0.366 e. The summed E-state index contributed by atoms with van der Waals surface area (Å²) in [6.07, 6.45) is 1.34. The minimum atomic E-state index is -0.674. The number of rotatable bonds is 3. The topological polar surface area (TPSA) is 140 Å². The second-order valence-electron chi connectivity index (χ2n) is 3.91. The van der Waals surface area contributed by atoms with E-state index in [0.717, 1.165) is 0 Å². The Balaban J connectivity index is 1.88. The van der Waals surface area contributed by atoms with E-state index >= 15 is 0 Å². The smallest absolute Gasteiger partial charge is 0.293 e. The molecule has 0 unspecified atom stereocenters. The first-order valence-electron chi connectivity index (χ1n) is 5.65. The number of benzene rings is 1. The molecule has 0 saturated heterocycles. The number of nitrogens with two attached hydrogens (primary N) is 1. The Morgan fingerprint density at radius 3 is 2.95 bits per heavy atom. The quantitative estimate of drug-likeness (QED) is 0.604. The predicted octanol–water partition coefficient (Wildman–Crippen LogP) is -0.246. The van der Waals surface area contributed by atoms with Crippen LogP contribution in [0.4, 0.5) is 16.0 Å². The van der Waals surface area contributed by atoms with E-state index in [1.54, 1.807) is 0 Å². The van der Waals surface area contributed by atoms with Crippen molar-refractivity contribution in [1.82, 2.24) is 35.4 Å². The Kier molecular flexibility index (Phi) is 2.99. The van der Waals surface area contributed by atoms with Crippen molar-refractivity contribution in [3.8, 4) is 5.69 Å². The Bertz CT molecular complexity index is 782. The Morgan fingerprint density at radius 2 is 2.29 bits per heavy atom.